The third-order valence-corrected chi connectivity index (χ3v) is 13.4. The number of benzene rings is 1. The van der Waals surface area contributed by atoms with Crippen molar-refractivity contribution in [2.45, 2.75) is 246 Å². The van der Waals surface area contributed by atoms with E-state index in [0.29, 0.717) is 18.6 Å². The van der Waals surface area contributed by atoms with Crippen molar-refractivity contribution in [3.05, 3.63) is 28.8 Å². The largest absolute Gasteiger partial charge is 0.508 e. The highest BCUT2D eigenvalue weighted by Crippen LogP contribution is 2.33. The number of esters is 1. The van der Waals surface area contributed by atoms with E-state index >= 15 is 0 Å². The number of thioether (sulfide) groups is 2. The summed E-state index contributed by atoms with van der Waals surface area (Å²) in [6.07, 6.45) is 40.0. The monoisotopic (exact) mass is 791 g/mol. The highest BCUT2D eigenvalue weighted by molar-refractivity contribution is 8.00. The molecular formula is C49H90O3S2. The molecule has 0 fully saturated rings. The number of ether oxygens (including phenoxy) is 1. The standard InChI is InChI=1S/C49H90O3S2/c1-7-9-11-13-15-17-19-21-23-25-27-29-31-33-37-53-41-45(42-54-38-34-32-30-28-26-24-22-20-18-16-14-12-10-8-2)52-48(51)36-35-44-40-46(49(4,5)6)47(50)39-43(44)3/h39-40,45,50H,7-38,41-42H2,1-6H3. The number of aromatic hydroxyl groups is 1. The Morgan fingerprint density at radius 2 is 0.944 bits per heavy atom. The Balaban J connectivity index is 2.33. The number of hydrogen-bond donors (Lipinski definition) is 1. The Bertz CT molecular complexity index is 967. The molecule has 1 aromatic carbocycles. The molecule has 1 N–H and O–H groups in total. The predicted octanol–water partition coefficient (Wildman–Crippen LogP) is 16.3. The minimum atomic E-state index is -0.146. The summed E-state index contributed by atoms with van der Waals surface area (Å²) in [7, 11) is 0. The number of aryl methyl sites for hydroxylation is 2. The molecule has 0 radical (unpaired) electrons. The number of carbonyl (C=O) groups is 1. The lowest BCUT2D eigenvalue weighted by Crippen LogP contribution is -2.24. The zero-order valence-corrected chi connectivity index (χ0v) is 38.5. The maximum atomic E-state index is 13.1. The number of phenolic OH excluding ortho intramolecular Hbond substituents is 1. The maximum absolute atomic E-state index is 13.1. The summed E-state index contributed by atoms with van der Waals surface area (Å²) in [6.45, 7) is 13.0. The molecule has 1 aromatic rings. The van der Waals surface area contributed by atoms with E-state index in [1.165, 1.54) is 180 Å². The third kappa shape index (κ3) is 29.4. The molecule has 0 bridgehead atoms. The SMILES string of the molecule is CCCCCCCCCCCCCCCCSCC(CSCCCCCCCCCCCCCCCC)OC(=O)CCc1cc(C(C)(C)C)c(O)cc1C. The average molecular weight is 791 g/mol. The fraction of sp³-hybridized carbons (Fsp3) is 0.857. The summed E-state index contributed by atoms with van der Waals surface area (Å²) in [5, 5.41) is 10.5. The molecule has 0 heterocycles. The van der Waals surface area contributed by atoms with Gasteiger partial charge in [0.2, 0.25) is 0 Å². The Hall–Kier alpha value is -0.810. The quantitative estimate of drug-likeness (QED) is 0.0534. The first kappa shape index (κ1) is 51.2. The van der Waals surface area contributed by atoms with Gasteiger partial charge in [0, 0.05) is 17.9 Å². The number of phenols is 1. The van der Waals surface area contributed by atoms with E-state index in [2.05, 4.69) is 40.7 Å². The predicted molar refractivity (Wildman–Crippen MR) is 245 cm³/mol. The van der Waals surface area contributed by atoms with Crippen molar-refractivity contribution in [2.75, 3.05) is 23.0 Å². The summed E-state index contributed by atoms with van der Waals surface area (Å²) in [6, 6.07) is 3.94. The molecule has 0 saturated heterocycles. The van der Waals surface area contributed by atoms with Crippen molar-refractivity contribution in [3.63, 3.8) is 0 Å². The number of hydrogen-bond acceptors (Lipinski definition) is 5. The summed E-state index contributed by atoms with van der Waals surface area (Å²) < 4.78 is 6.15. The fourth-order valence-corrected chi connectivity index (χ4v) is 9.63. The Morgan fingerprint density at radius 1 is 0.593 bits per heavy atom. The molecule has 54 heavy (non-hydrogen) atoms. The van der Waals surface area contributed by atoms with Gasteiger partial charge in [-0.2, -0.15) is 23.5 Å². The van der Waals surface area contributed by atoms with Crippen LogP contribution in [0.25, 0.3) is 0 Å². The number of rotatable bonds is 38. The van der Waals surface area contributed by atoms with Gasteiger partial charge in [-0.05, 0) is 65.9 Å². The van der Waals surface area contributed by atoms with Gasteiger partial charge in [-0.3, -0.25) is 4.79 Å². The molecule has 0 spiro atoms. The van der Waals surface area contributed by atoms with Crippen molar-refractivity contribution < 1.29 is 14.6 Å². The Morgan fingerprint density at radius 3 is 1.30 bits per heavy atom. The second kappa shape index (κ2) is 35.4. The Kier molecular flexibility index (Phi) is 33.5. The lowest BCUT2D eigenvalue weighted by molar-refractivity contribution is -0.146. The van der Waals surface area contributed by atoms with Crippen LogP contribution >= 0.6 is 23.5 Å². The normalized spacial score (nSPS) is 11.9. The van der Waals surface area contributed by atoms with E-state index in [1.54, 1.807) is 0 Å². The summed E-state index contributed by atoms with van der Waals surface area (Å²) in [5.74, 6) is 4.40. The number of unbranched alkanes of at least 4 members (excludes halogenated alkanes) is 26. The van der Waals surface area contributed by atoms with Gasteiger partial charge in [0.25, 0.3) is 0 Å². The van der Waals surface area contributed by atoms with E-state index in [9.17, 15) is 9.90 Å². The van der Waals surface area contributed by atoms with Crippen LogP contribution in [0.4, 0.5) is 0 Å². The minimum absolute atomic E-state index is 0.0168. The zero-order valence-electron chi connectivity index (χ0n) is 36.9. The van der Waals surface area contributed by atoms with Crippen LogP contribution in [-0.4, -0.2) is 40.2 Å². The van der Waals surface area contributed by atoms with Crippen molar-refractivity contribution >= 4 is 29.5 Å². The van der Waals surface area contributed by atoms with Crippen LogP contribution in [0, 0.1) is 6.92 Å². The van der Waals surface area contributed by atoms with Gasteiger partial charge in [-0.15, -0.1) is 0 Å². The van der Waals surface area contributed by atoms with E-state index in [1.807, 2.05) is 36.5 Å². The average Bonchev–Trinajstić information content (AvgIpc) is 3.13. The maximum Gasteiger partial charge on any atom is 0.306 e. The van der Waals surface area contributed by atoms with E-state index in [0.717, 1.165) is 39.7 Å². The second-order valence-corrected chi connectivity index (χ2v) is 19.8. The molecule has 0 unspecified atom stereocenters. The smallest absolute Gasteiger partial charge is 0.306 e. The first-order valence-corrected chi connectivity index (χ1v) is 25.7. The van der Waals surface area contributed by atoms with Crippen LogP contribution in [0.5, 0.6) is 5.75 Å². The molecule has 0 aliphatic rings. The van der Waals surface area contributed by atoms with Crippen LogP contribution in [0.3, 0.4) is 0 Å². The second-order valence-electron chi connectivity index (χ2n) is 17.5. The van der Waals surface area contributed by atoms with Crippen LogP contribution in [0.1, 0.15) is 238 Å². The first-order valence-electron chi connectivity index (χ1n) is 23.4. The van der Waals surface area contributed by atoms with E-state index in [4.69, 9.17) is 4.74 Å². The van der Waals surface area contributed by atoms with Gasteiger partial charge in [0.05, 0.1) is 0 Å². The summed E-state index contributed by atoms with van der Waals surface area (Å²) >= 11 is 3.96. The number of carbonyl (C=O) groups excluding carboxylic acids is 1. The first-order chi connectivity index (χ1) is 26.2. The minimum Gasteiger partial charge on any atom is -0.508 e. The van der Waals surface area contributed by atoms with Gasteiger partial charge in [0.1, 0.15) is 11.9 Å². The van der Waals surface area contributed by atoms with Gasteiger partial charge in [-0.1, -0.05) is 208 Å². The summed E-state index contributed by atoms with van der Waals surface area (Å²) in [5.41, 5.74) is 2.96. The van der Waals surface area contributed by atoms with Gasteiger partial charge < -0.3 is 9.84 Å². The molecule has 3 nitrogen and oxygen atoms in total. The van der Waals surface area contributed by atoms with Crippen LogP contribution in [0.2, 0.25) is 0 Å². The van der Waals surface area contributed by atoms with Crippen molar-refractivity contribution in [3.8, 4) is 5.75 Å². The molecule has 0 aromatic heterocycles. The van der Waals surface area contributed by atoms with E-state index < -0.39 is 0 Å². The molecule has 0 saturated carbocycles. The van der Waals surface area contributed by atoms with Gasteiger partial charge in [-0.25, -0.2) is 0 Å². The molecule has 0 aliphatic carbocycles. The highest BCUT2D eigenvalue weighted by atomic mass is 32.2. The van der Waals surface area contributed by atoms with Gasteiger partial charge >= 0.3 is 5.97 Å². The van der Waals surface area contributed by atoms with Crippen molar-refractivity contribution in [2.24, 2.45) is 0 Å². The lowest BCUT2D eigenvalue weighted by atomic mass is 9.84. The molecule has 1 rings (SSSR count). The fourth-order valence-electron chi connectivity index (χ4n) is 7.43. The molecule has 0 amide bonds. The lowest BCUT2D eigenvalue weighted by Gasteiger charge is -2.22. The van der Waals surface area contributed by atoms with Crippen LogP contribution in [-0.2, 0) is 21.4 Å². The summed E-state index contributed by atoms with van der Waals surface area (Å²) in [4.78, 5) is 13.1. The molecule has 316 valence electrons. The van der Waals surface area contributed by atoms with Crippen LogP contribution in [0.15, 0.2) is 12.1 Å². The van der Waals surface area contributed by atoms with Gasteiger partial charge in [0.15, 0.2) is 0 Å². The Labute approximate surface area is 345 Å². The van der Waals surface area contributed by atoms with Crippen molar-refractivity contribution in [1.29, 1.82) is 0 Å². The topological polar surface area (TPSA) is 46.5 Å². The molecular weight excluding hydrogens is 701 g/mol. The zero-order chi connectivity index (χ0) is 39.5. The third-order valence-electron chi connectivity index (χ3n) is 11.1. The molecule has 0 aliphatic heterocycles. The highest BCUT2D eigenvalue weighted by Gasteiger charge is 2.21. The van der Waals surface area contributed by atoms with Crippen LogP contribution < -0.4 is 0 Å². The molecule has 0 atom stereocenters. The van der Waals surface area contributed by atoms with E-state index in [-0.39, 0.29) is 17.5 Å². The molecule has 5 heteroatoms. The van der Waals surface area contributed by atoms with Crippen molar-refractivity contribution in [1.82, 2.24) is 0 Å².